The normalized spacial score (nSPS) is 10.2. The number of carbonyl (C=O) groups is 1. The number of rotatable bonds is 4. The number of hydrogen-bond donors (Lipinski definition) is 1. The van der Waals surface area contributed by atoms with Gasteiger partial charge in [0.15, 0.2) is 5.78 Å². The Morgan fingerprint density at radius 2 is 2.06 bits per heavy atom. The first kappa shape index (κ1) is 12.2. The van der Waals surface area contributed by atoms with Gasteiger partial charge in [-0.15, -0.1) is 0 Å². The zero-order valence-electron chi connectivity index (χ0n) is 10.5. The Hall–Kier alpha value is -2.30. The van der Waals surface area contributed by atoms with Gasteiger partial charge < -0.3 is 14.5 Å². The maximum absolute atomic E-state index is 11.2. The van der Waals surface area contributed by atoms with Crippen molar-refractivity contribution >= 4 is 5.78 Å². The Bertz CT molecular complexity index is 575. The fraction of sp³-hybridized carbons (Fsp3) is 0.231. The third-order valence-corrected chi connectivity index (χ3v) is 2.62. The number of hydrogen-bond acceptors (Lipinski definition) is 4. The lowest BCUT2D eigenvalue weighted by Gasteiger charge is -2.08. The second-order valence-corrected chi connectivity index (χ2v) is 3.77. The first-order chi connectivity index (χ1) is 8.65. The summed E-state index contributed by atoms with van der Waals surface area (Å²) >= 11 is 0. The molecule has 5 nitrogen and oxygen atoms in total. The second kappa shape index (κ2) is 4.91. The molecule has 0 unspecified atom stereocenters. The van der Waals surface area contributed by atoms with Gasteiger partial charge in [0.05, 0.1) is 26.0 Å². The summed E-state index contributed by atoms with van der Waals surface area (Å²) in [5.41, 5.74) is 1.26. The summed E-state index contributed by atoms with van der Waals surface area (Å²) in [5, 5.41) is 0. The Morgan fingerprint density at radius 1 is 1.28 bits per heavy atom. The number of nitrogens with one attached hydrogen (secondary N) is 1. The van der Waals surface area contributed by atoms with E-state index in [9.17, 15) is 4.79 Å². The molecule has 0 aliphatic heterocycles. The largest absolute Gasteiger partial charge is 0.497 e. The smallest absolute Gasteiger partial charge is 0.177 e. The minimum absolute atomic E-state index is 0.0544. The molecule has 0 aliphatic carbocycles. The Labute approximate surface area is 105 Å². The maximum Gasteiger partial charge on any atom is 0.177 e. The molecule has 0 aliphatic rings. The number of Topliss-reactive ketones (excluding diaryl/α,β-unsaturated/α-hetero) is 1. The molecule has 1 heterocycles. The maximum atomic E-state index is 11.2. The van der Waals surface area contributed by atoms with Crippen LogP contribution in [0, 0.1) is 0 Å². The van der Waals surface area contributed by atoms with Crippen molar-refractivity contribution in [3.8, 4) is 22.9 Å². The minimum atomic E-state index is -0.0544. The number of aromatic nitrogens is 2. The van der Waals surface area contributed by atoms with Crippen molar-refractivity contribution in [2.75, 3.05) is 14.2 Å². The standard InChI is InChI=1S/C13H14N2O3/c1-8(16)11-7-14-13(15-11)10-5-4-9(17-2)6-12(10)18-3/h4-7H,1-3H3,(H,14,15). The number of imidazole rings is 1. The van der Waals surface area contributed by atoms with Crippen molar-refractivity contribution in [1.29, 1.82) is 0 Å². The molecular weight excluding hydrogens is 232 g/mol. The van der Waals surface area contributed by atoms with E-state index in [4.69, 9.17) is 9.47 Å². The zero-order chi connectivity index (χ0) is 13.1. The molecule has 18 heavy (non-hydrogen) atoms. The number of benzene rings is 1. The summed E-state index contributed by atoms with van der Waals surface area (Å²) in [6.07, 6.45) is 1.52. The van der Waals surface area contributed by atoms with Crippen LogP contribution in [0.2, 0.25) is 0 Å². The highest BCUT2D eigenvalue weighted by Gasteiger charge is 2.12. The molecule has 2 aromatic rings. The fourth-order valence-corrected chi connectivity index (χ4v) is 1.63. The van der Waals surface area contributed by atoms with Gasteiger partial charge in [0.1, 0.15) is 23.0 Å². The van der Waals surface area contributed by atoms with E-state index in [1.165, 1.54) is 13.1 Å². The molecule has 94 valence electrons. The zero-order valence-corrected chi connectivity index (χ0v) is 10.5. The highest BCUT2D eigenvalue weighted by molar-refractivity contribution is 5.92. The molecule has 0 atom stereocenters. The quantitative estimate of drug-likeness (QED) is 0.841. The molecule has 1 aromatic heterocycles. The van der Waals surface area contributed by atoms with Crippen LogP contribution < -0.4 is 9.47 Å². The molecule has 5 heteroatoms. The molecule has 0 amide bonds. The molecule has 0 bridgehead atoms. The van der Waals surface area contributed by atoms with Crippen LogP contribution in [0.4, 0.5) is 0 Å². The van der Waals surface area contributed by atoms with E-state index >= 15 is 0 Å². The van der Waals surface area contributed by atoms with Gasteiger partial charge in [-0.1, -0.05) is 0 Å². The molecule has 0 spiro atoms. The van der Waals surface area contributed by atoms with Gasteiger partial charge in [-0.25, -0.2) is 4.98 Å². The van der Waals surface area contributed by atoms with Crippen molar-refractivity contribution in [2.24, 2.45) is 0 Å². The van der Waals surface area contributed by atoms with Gasteiger partial charge in [-0.2, -0.15) is 0 Å². The molecular formula is C13H14N2O3. The van der Waals surface area contributed by atoms with Gasteiger partial charge in [0.2, 0.25) is 0 Å². The van der Waals surface area contributed by atoms with Crippen LogP contribution in [-0.2, 0) is 0 Å². The number of ketones is 1. The predicted octanol–water partition coefficient (Wildman–Crippen LogP) is 2.30. The number of methoxy groups -OCH3 is 2. The highest BCUT2D eigenvalue weighted by atomic mass is 16.5. The summed E-state index contributed by atoms with van der Waals surface area (Å²) in [6.45, 7) is 1.49. The van der Waals surface area contributed by atoms with E-state index in [2.05, 4.69) is 9.97 Å². The van der Waals surface area contributed by atoms with Gasteiger partial charge in [-0.3, -0.25) is 4.79 Å². The Morgan fingerprint density at radius 3 is 2.61 bits per heavy atom. The van der Waals surface area contributed by atoms with E-state index in [-0.39, 0.29) is 5.78 Å². The number of aromatic amines is 1. The van der Waals surface area contributed by atoms with Crippen LogP contribution in [0.25, 0.3) is 11.4 Å². The van der Waals surface area contributed by atoms with Crippen molar-refractivity contribution in [1.82, 2.24) is 9.97 Å². The predicted molar refractivity (Wildman–Crippen MR) is 67.1 cm³/mol. The van der Waals surface area contributed by atoms with Gasteiger partial charge in [0, 0.05) is 13.0 Å². The van der Waals surface area contributed by atoms with E-state index < -0.39 is 0 Å². The number of nitrogens with zero attached hydrogens (tertiary/aromatic N) is 1. The van der Waals surface area contributed by atoms with E-state index in [1.54, 1.807) is 20.3 Å². The number of H-pyrrole nitrogens is 1. The van der Waals surface area contributed by atoms with Gasteiger partial charge in [0.25, 0.3) is 0 Å². The number of carbonyl (C=O) groups excluding carboxylic acids is 1. The fourth-order valence-electron chi connectivity index (χ4n) is 1.63. The first-order valence-corrected chi connectivity index (χ1v) is 5.44. The lowest BCUT2D eigenvalue weighted by atomic mass is 10.2. The molecule has 1 N–H and O–H groups in total. The molecule has 2 rings (SSSR count). The Balaban J connectivity index is 2.45. The number of ether oxygens (including phenoxy) is 2. The van der Waals surface area contributed by atoms with E-state index in [1.807, 2.05) is 12.1 Å². The molecule has 0 fully saturated rings. The van der Waals surface area contributed by atoms with Crippen LogP contribution in [0.5, 0.6) is 11.5 Å². The van der Waals surface area contributed by atoms with Crippen LogP contribution in [0.3, 0.4) is 0 Å². The van der Waals surface area contributed by atoms with Crippen molar-refractivity contribution in [3.63, 3.8) is 0 Å². The van der Waals surface area contributed by atoms with E-state index in [0.29, 0.717) is 23.0 Å². The van der Waals surface area contributed by atoms with E-state index in [0.717, 1.165) is 5.56 Å². The van der Waals surface area contributed by atoms with Gasteiger partial charge >= 0.3 is 0 Å². The average Bonchev–Trinajstić information content (AvgIpc) is 2.87. The molecule has 0 saturated carbocycles. The van der Waals surface area contributed by atoms with Crippen molar-refractivity contribution in [2.45, 2.75) is 6.92 Å². The third kappa shape index (κ3) is 2.20. The van der Waals surface area contributed by atoms with Gasteiger partial charge in [-0.05, 0) is 12.1 Å². The monoisotopic (exact) mass is 246 g/mol. The van der Waals surface area contributed by atoms with Crippen molar-refractivity contribution < 1.29 is 14.3 Å². The summed E-state index contributed by atoms with van der Waals surface area (Å²) in [6, 6.07) is 5.42. The third-order valence-electron chi connectivity index (χ3n) is 2.62. The second-order valence-electron chi connectivity index (χ2n) is 3.77. The molecule has 1 aromatic carbocycles. The summed E-state index contributed by atoms with van der Waals surface area (Å²) in [7, 11) is 3.17. The van der Waals surface area contributed by atoms with Crippen LogP contribution >= 0.6 is 0 Å². The van der Waals surface area contributed by atoms with Crippen molar-refractivity contribution in [3.05, 3.63) is 30.1 Å². The summed E-state index contributed by atoms with van der Waals surface area (Å²) < 4.78 is 10.4. The van der Waals surface area contributed by atoms with Crippen LogP contribution in [0.1, 0.15) is 17.4 Å². The summed E-state index contributed by atoms with van der Waals surface area (Å²) in [4.78, 5) is 18.4. The minimum Gasteiger partial charge on any atom is -0.497 e. The van der Waals surface area contributed by atoms with Crippen LogP contribution in [0.15, 0.2) is 24.4 Å². The average molecular weight is 246 g/mol. The molecule has 0 radical (unpaired) electrons. The lowest BCUT2D eigenvalue weighted by Crippen LogP contribution is -1.93. The first-order valence-electron chi connectivity index (χ1n) is 5.44. The highest BCUT2D eigenvalue weighted by Crippen LogP contribution is 2.31. The Kier molecular flexibility index (Phi) is 3.32. The topological polar surface area (TPSA) is 64.2 Å². The SMILES string of the molecule is COc1ccc(-c2ncc(C(C)=O)[nH]2)c(OC)c1. The molecule has 0 saturated heterocycles. The lowest BCUT2D eigenvalue weighted by molar-refractivity contribution is 0.101. The van der Waals surface area contributed by atoms with Crippen LogP contribution in [-0.4, -0.2) is 30.0 Å². The summed E-state index contributed by atoms with van der Waals surface area (Å²) in [5.74, 6) is 1.88.